The van der Waals surface area contributed by atoms with Crippen molar-refractivity contribution in [1.82, 2.24) is 0 Å². The van der Waals surface area contributed by atoms with E-state index in [1.807, 2.05) is 0 Å². The number of rotatable bonds is 3. The first-order valence-corrected chi connectivity index (χ1v) is 4.29. The summed E-state index contributed by atoms with van der Waals surface area (Å²) in [5.74, 6) is -0.825. The highest BCUT2D eigenvalue weighted by atomic mass is 32.1. The van der Waals surface area contributed by atoms with E-state index < -0.39 is 5.97 Å². The monoisotopic (exact) mass is 197 g/mol. The molecule has 2 N–H and O–H groups in total. The zero-order valence-corrected chi connectivity index (χ0v) is 8.14. The second-order valence-corrected chi connectivity index (χ2v) is 3.15. The number of benzene rings is 1. The van der Waals surface area contributed by atoms with Gasteiger partial charge in [-0.25, -0.2) is 0 Å². The van der Waals surface area contributed by atoms with Crippen molar-refractivity contribution in [3.8, 4) is 0 Å². The van der Waals surface area contributed by atoms with Crippen LogP contribution in [0.5, 0.6) is 0 Å². The zero-order chi connectivity index (χ0) is 9.84. The van der Waals surface area contributed by atoms with Crippen LogP contribution in [0.4, 0.5) is 5.69 Å². The normalized spacial score (nSPS) is 9.69. The van der Waals surface area contributed by atoms with E-state index in [-0.39, 0.29) is 6.42 Å². The lowest BCUT2D eigenvalue weighted by molar-refractivity contribution is -0.136. The van der Waals surface area contributed by atoms with Crippen LogP contribution >= 0.6 is 12.6 Å². The second kappa shape index (κ2) is 4.18. The first-order valence-electron chi connectivity index (χ1n) is 3.85. The van der Waals surface area contributed by atoms with Gasteiger partial charge in [0.2, 0.25) is 0 Å². The molecule has 0 saturated carbocycles. The minimum Gasteiger partial charge on any atom is -0.481 e. The van der Waals surface area contributed by atoms with E-state index in [4.69, 9.17) is 5.11 Å². The summed E-state index contributed by atoms with van der Waals surface area (Å²) in [6.45, 7) is 0. The molecule has 1 rings (SSSR count). The van der Waals surface area contributed by atoms with Crippen molar-refractivity contribution in [3.63, 3.8) is 0 Å². The van der Waals surface area contributed by atoms with E-state index in [0.717, 1.165) is 16.1 Å². The second-order valence-electron chi connectivity index (χ2n) is 2.67. The molecule has 0 unspecified atom stereocenters. The van der Waals surface area contributed by atoms with E-state index in [9.17, 15) is 4.79 Å². The van der Waals surface area contributed by atoms with Gasteiger partial charge < -0.3 is 10.4 Å². The fourth-order valence-electron chi connectivity index (χ4n) is 1.07. The van der Waals surface area contributed by atoms with Gasteiger partial charge in [0, 0.05) is 17.6 Å². The number of carboxylic acid groups (broad SMARTS) is 1. The Hall–Kier alpha value is -1.16. The topological polar surface area (TPSA) is 49.3 Å². The Kier molecular flexibility index (Phi) is 3.19. The van der Waals surface area contributed by atoms with Crippen LogP contribution in [0.2, 0.25) is 0 Å². The van der Waals surface area contributed by atoms with Gasteiger partial charge in [-0.3, -0.25) is 4.79 Å². The Morgan fingerprint density at radius 3 is 2.85 bits per heavy atom. The number of hydrogen-bond donors (Lipinski definition) is 3. The first-order chi connectivity index (χ1) is 6.13. The lowest BCUT2D eigenvalue weighted by atomic mass is 10.1. The largest absolute Gasteiger partial charge is 0.481 e. The van der Waals surface area contributed by atoms with E-state index in [2.05, 4.69) is 17.9 Å². The predicted octanol–water partition coefficient (Wildman–Crippen LogP) is 1.64. The highest BCUT2D eigenvalue weighted by Crippen LogP contribution is 2.20. The van der Waals surface area contributed by atoms with Gasteiger partial charge in [0.15, 0.2) is 0 Å². The lowest BCUT2D eigenvalue weighted by Crippen LogP contribution is -2.01. The van der Waals surface area contributed by atoms with Crippen LogP contribution in [0.3, 0.4) is 0 Å². The molecule has 1 aromatic rings. The highest BCUT2D eigenvalue weighted by molar-refractivity contribution is 7.80. The Morgan fingerprint density at radius 1 is 1.62 bits per heavy atom. The molecule has 0 aliphatic rings. The average molecular weight is 197 g/mol. The van der Waals surface area contributed by atoms with Gasteiger partial charge in [-0.05, 0) is 17.7 Å². The number of aliphatic carboxylic acids is 1. The van der Waals surface area contributed by atoms with Crippen molar-refractivity contribution >= 4 is 24.3 Å². The molecule has 0 fully saturated rings. The zero-order valence-electron chi connectivity index (χ0n) is 7.24. The van der Waals surface area contributed by atoms with Gasteiger partial charge in [-0.15, -0.1) is 12.6 Å². The number of carbonyl (C=O) groups is 1. The number of anilines is 1. The van der Waals surface area contributed by atoms with Crippen molar-refractivity contribution in [2.45, 2.75) is 11.3 Å². The van der Waals surface area contributed by atoms with Crippen molar-refractivity contribution in [2.75, 3.05) is 12.4 Å². The maximum Gasteiger partial charge on any atom is 0.307 e. The third kappa shape index (κ3) is 2.66. The highest BCUT2D eigenvalue weighted by Gasteiger charge is 2.02. The van der Waals surface area contributed by atoms with Crippen LogP contribution in [-0.2, 0) is 11.2 Å². The molecule has 0 saturated heterocycles. The van der Waals surface area contributed by atoms with Crippen molar-refractivity contribution < 1.29 is 9.90 Å². The molecule has 0 atom stereocenters. The Labute approximate surface area is 82.2 Å². The van der Waals surface area contributed by atoms with Crippen LogP contribution in [0, 0.1) is 0 Å². The molecule has 0 radical (unpaired) electrons. The van der Waals surface area contributed by atoms with Gasteiger partial charge in [0.05, 0.1) is 6.42 Å². The van der Waals surface area contributed by atoms with Crippen LogP contribution in [-0.4, -0.2) is 18.1 Å². The smallest absolute Gasteiger partial charge is 0.307 e. The molecule has 0 amide bonds. The van der Waals surface area contributed by atoms with Gasteiger partial charge in [0.25, 0.3) is 0 Å². The Balaban J connectivity index is 2.92. The summed E-state index contributed by atoms with van der Waals surface area (Å²) >= 11 is 4.21. The van der Waals surface area contributed by atoms with Crippen LogP contribution in [0.25, 0.3) is 0 Å². The van der Waals surface area contributed by atoms with E-state index in [0.29, 0.717) is 0 Å². The maximum absolute atomic E-state index is 10.4. The summed E-state index contributed by atoms with van der Waals surface area (Å²) in [5.41, 5.74) is 1.62. The van der Waals surface area contributed by atoms with E-state index >= 15 is 0 Å². The quantitative estimate of drug-likeness (QED) is 0.646. The molecule has 4 heteroatoms. The summed E-state index contributed by atoms with van der Waals surface area (Å²) in [4.78, 5) is 11.2. The standard InChI is InChI=1S/C9H11NO2S/c1-10-7-4-6(5-9(11)12)2-3-8(7)13/h2-4,10,13H,5H2,1H3,(H,11,12). The molecular formula is C9H11NO2S. The summed E-state index contributed by atoms with van der Waals surface area (Å²) in [6, 6.07) is 5.33. The molecular weight excluding hydrogens is 186 g/mol. The Bertz CT molecular complexity index is 325. The number of nitrogens with one attached hydrogen (secondary N) is 1. The fourth-order valence-corrected chi connectivity index (χ4v) is 1.32. The van der Waals surface area contributed by atoms with Crippen LogP contribution in [0.1, 0.15) is 5.56 Å². The Morgan fingerprint density at radius 2 is 2.31 bits per heavy atom. The summed E-state index contributed by atoms with van der Waals surface area (Å²) in [6.07, 6.45) is 0.0444. The van der Waals surface area contributed by atoms with Gasteiger partial charge in [0.1, 0.15) is 0 Å². The van der Waals surface area contributed by atoms with E-state index in [1.165, 1.54) is 0 Å². The maximum atomic E-state index is 10.4. The lowest BCUT2D eigenvalue weighted by Gasteiger charge is -2.05. The number of thiol groups is 1. The molecule has 70 valence electrons. The molecule has 1 aromatic carbocycles. The summed E-state index contributed by atoms with van der Waals surface area (Å²) < 4.78 is 0. The first kappa shape index (κ1) is 9.92. The summed E-state index contributed by atoms with van der Waals surface area (Å²) in [5, 5.41) is 11.5. The molecule has 0 aliphatic carbocycles. The van der Waals surface area contributed by atoms with Crippen molar-refractivity contribution in [2.24, 2.45) is 0 Å². The molecule has 13 heavy (non-hydrogen) atoms. The minimum absolute atomic E-state index is 0.0444. The molecule has 0 bridgehead atoms. The molecule has 0 spiro atoms. The van der Waals surface area contributed by atoms with Gasteiger partial charge in [-0.2, -0.15) is 0 Å². The third-order valence-electron chi connectivity index (χ3n) is 1.69. The predicted molar refractivity (Wildman–Crippen MR) is 54.6 cm³/mol. The molecule has 0 aromatic heterocycles. The molecule has 0 heterocycles. The van der Waals surface area contributed by atoms with Gasteiger partial charge >= 0.3 is 5.97 Å². The molecule has 0 aliphatic heterocycles. The fraction of sp³-hybridized carbons (Fsp3) is 0.222. The van der Waals surface area contributed by atoms with Gasteiger partial charge in [-0.1, -0.05) is 6.07 Å². The van der Waals surface area contributed by atoms with Crippen LogP contribution < -0.4 is 5.32 Å². The van der Waals surface area contributed by atoms with E-state index in [1.54, 1.807) is 25.2 Å². The van der Waals surface area contributed by atoms with Crippen molar-refractivity contribution in [3.05, 3.63) is 23.8 Å². The van der Waals surface area contributed by atoms with Crippen LogP contribution in [0.15, 0.2) is 23.1 Å². The third-order valence-corrected chi connectivity index (χ3v) is 2.08. The number of hydrogen-bond acceptors (Lipinski definition) is 3. The average Bonchev–Trinajstić information content (AvgIpc) is 2.07. The molecule has 3 nitrogen and oxygen atoms in total. The van der Waals surface area contributed by atoms with Crippen molar-refractivity contribution in [1.29, 1.82) is 0 Å². The SMILES string of the molecule is CNc1cc(CC(=O)O)ccc1S. The minimum atomic E-state index is -0.825. The number of carboxylic acids is 1. The summed E-state index contributed by atoms with van der Waals surface area (Å²) in [7, 11) is 1.78.